The van der Waals surface area contributed by atoms with Crippen molar-refractivity contribution in [2.75, 3.05) is 6.54 Å². The van der Waals surface area contributed by atoms with Crippen LogP contribution in [0.25, 0.3) is 16.2 Å². The third kappa shape index (κ3) is 2.22. The lowest BCUT2D eigenvalue weighted by atomic mass is 10.1. The highest BCUT2D eigenvalue weighted by Gasteiger charge is 2.22. The van der Waals surface area contributed by atoms with Crippen LogP contribution >= 0.6 is 11.3 Å². The van der Waals surface area contributed by atoms with Crippen LogP contribution < -0.4 is 10.9 Å². The minimum Gasteiger partial charge on any atom is -0.308 e. The molecule has 7 heteroatoms. The highest BCUT2D eigenvalue weighted by atomic mass is 32.1. The van der Waals surface area contributed by atoms with Gasteiger partial charge in [-0.05, 0) is 26.3 Å². The van der Waals surface area contributed by atoms with Crippen molar-refractivity contribution in [1.82, 2.24) is 25.1 Å². The van der Waals surface area contributed by atoms with E-state index in [1.807, 2.05) is 31.2 Å². The summed E-state index contributed by atoms with van der Waals surface area (Å²) in [5.41, 5.74) is 2.04. The summed E-state index contributed by atoms with van der Waals surface area (Å²) in [6, 6.07) is 7.92. The van der Waals surface area contributed by atoms with Crippen LogP contribution in [0.3, 0.4) is 0 Å². The predicted octanol–water partition coefficient (Wildman–Crippen LogP) is 1.95. The summed E-state index contributed by atoms with van der Waals surface area (Å²) in [6.07, 6.45) is 2.18. The number of hydrogen-bond donors (Lipinski definition) is 1. The molecule has 1 aliphatic rings. The Labute approximate surface area is 130 Å². The SMILES string of the molecule is Cc1ccc(-c2nnc3sc(C4CCCN4)nn3c2=O)cc1. The van der Waals surface area contributed by atoms with Gasteiger partial charge < -0.3 is 5.32 Å². The Morgan fingerprint density at radius 1 is 1.27 bits per heavy atom. The minimum absolute atomic E-state index is 0.214. The van der Waals surface area contributed by atoms with E-state index in [1.54, 1.807) is 0 Å². The van der Waals surface area contributed by atoms with Gasteiger partial charge in [-0.25, -0.2) is 0 Å². The van der Waals surface area contributed by atoms with Crippen molar-refractivity contribution in [2.24, 2.45) is 0 Å². The van der Waals surface area contributed by atoms with E-state index in [0.717, 1.165) is 35.5 Å². The second kappa shape index (κ2) is 5.26. The molecule has 4 rings (SSSR count). The minimum atomic E-state index is -0.214. The van der Waals surface area contributed by atoms with Gasteiger partial charge >= 0.3 is 5.56 Å². The summed E-state index contributed by atoms with van der Waals surface area (Å²) < 4.78 is 1.38. The van der Waals surface area contributed by atoms with Crippen LogP contribution in [0.5, 0.6) is 0 Å². The maximum absolute atomic E-state index is 12.6. The fraction of sp³-hybridized carbons (Fsp3) is 0.333. The number of hydrogen-bond acceptors (Lipinski definition) is 6. The molecule has 3 aromatic rings. The van der Waals surface area contributed by atoms with Crippen molar-refractivity contribution in [2.45, 2.75) is 25.8 Å². The van der Waals surface area contributed by atoms with E-state index in [2.05, 4.69) is 20.6 Å². The van der Waals surface area contributed by atoms with Crippen molar-refractivity contribution in [3.63, 3.8) is 0 Å². The third-order valence-electron chi connectivity index (χ3n) is 3.89. The van der Waals surface area contributed by atoms with E-state index >= 15 is 0 Å². The zero-order valence-electron chi connectivity index (χ0n) is 12.1. The number of nitrogens with zero attached hydrogens (tertiary/aromatic N) is 4. The molecule has 0 spiro atoms. The van der Waals surface area contributed by atoms with Crippen LogP contribution in [0.4, 0.5) is 0 Å². The summed E-state index contributed by atoms with van der Waals surface area (Å²) in [5.74, 6) is 0. The molecule has 6 nitrogen and oxygen atoms in total. The maximum atomic E-state index is 12.6. The van der Waals surface area contributed by atoms with Gasteiger partial charge in [0.2, 0.25) is 4.96 Å². The maximum Gasteiger partial charge on any atom is 0.302 e. The quantitative estimate of drug-likeness (QED) is 0.783. The standard InChI is InChI=1S/C15H15N5OS/c1-9-4-6-10(7-5-9)12-14(21)20-15(18-17-12)22-13(19-20)11-3-2-8-16-11/h4-7,11,16H,2-3,8H2,1H3. The van der Waals surface area contributed by atoms with E-state index in [1.165, 1.54) is 15.9 Å². The summed E-state index contributed by atoms with van der Waals surface area (Å²) in [7, 11) is 0. The van der Waals surface area contributed by atoms with Crippen molar-refractivity contribution in [3.8, 4) is 11.3 Å². The van der Waals surface area contributed by atoms with Crippen molar-refractivity contribution >= 4 is 16.3 Å². The Morgan fingerprint density at radius 3 is 2.82 bits per heavy atom. The zero-order valence-corrected chi connectivity index (χ0v) is 12.9. The normalized spacial score (nSPS) is 18.1. The molecule has 0 saturated carbocycles. The number of rotatable bonds is 2. The van der Waals surface area contributed by atoms with Crippen LogP contribution in [0, 0.1) is 6.92 Å². The summed E-state index contributed by atoms with van der Waals surface area (Å²) in [6.45, 7) is 3.00. The van der Waals surface area contributed by atoms with Gasteiger partial charge in [-0.3, -0.25) is 4.79 Å². The molecule has 1 aromatic carbocycles. The van der Waals surface area contributed by atoms with E-state index in [0.29, 0.717) is 10.7 Å². The van der Waals surface area contributed by atoms with Gasteiger partial charge in [0.15, 0.2) is 5.69 Å². The Balaban J connectivity index is 1.82. The summed E-state index contributed by atoms with van der Waals surface area (Å²) in [5, 5.41) is 17.0. The molecular weight excluding hydrogens is 298 g/mol. The fourth-order valence-corrected chi connectivity index (χ4v) is 3.60. The van der Waals surface area contributed by atoms with Crippen molar-refractivity contribution in [3.05, 3.63) is 45.2 Å². The van der Waals surface area contributed by atoms with Crippen LogP contribution in [0.2, 0.25) is 0 Å². The first-order chi connectivity index (χ1) is 10.7. The largest absolute Gasteiger partial charge is 0.308 e. The molecule has 2 aromatic heterocycles. The molecule has 1 fully saturated rings. The van der Waals surface area contributed by atoms with Crippen LogP contribution in [0.1, 0.15) is 29.5 Å². The Morgan fingerprint density at radius 2 is 2.09 bits per heavy atom. The topological polar surface area (TPSA) is 72.2 Å². The lowest BCUT2D eigenvalue weighted by Gasteiger charge is -2.02. The zero-order chi connectivity index (χ0) is 15.1. The smallest absolute Gasteiger partial charge is 0.302 e. The Bertz CT molecular complexity index is 877. The van der Waals surface area contributed by atoms with Crippen molar-refractivity contribution in [1.29, 1.82) is 0 Å². The molecule has 0 radical (unpaired) electrons. The predicted molar refractivity (Wildman–Crippen MR) is 85.1 cm³/mol. The van der Waals surface area contributed by atoms with Crippen LogP contribution in [-0.4, -0.2) is 26.4 Å². The molecule has 1 unspecified atom stereocenters. The molecule has 1 aliphatic heterocycles. The van der Waals surface area contributed by atoms with Gasteiger partial charge in [-0.2, -0.15) is 9.61 Å². The van der Waals surface area contributed by atoms with E-state index in [9.17, 15) is 4.79 Å². The lowest BCUT2D eigenvalue weighted by Crippen LogP contribution is -2.20. The number of aryl methyl sites for hydroxylation is 1. The van der Waals surface area contributed by atoms with Crippen LogP contribution in [0.15, 0.2) is 29.1 Å². The number of nitrogens with one attached hydrogen (secondary N) is 1. The second-order valence-electron chi connectivity index (χ2n) is 5.50. The Hall–Kier alpha value is -2.12. The first kappa shape index (κ1) is 13.5. The van der Waals surface area contributed by atoms with E-state index < -0.39 is 0 Å². The average molecular weight is 313 g/mol. The van der Waals surface area contributed by atoms with Gasteiger partial charge in [0, 0.05) is 5.56 Å². The Kier molecular flexibility index (Phi) is 3.24. The monoisotopic (exact) mass is 313 g/mol. The average Bonchev–Trinajstić information content (AvgIpc) is 3.18. The van der Waals surface area contributed by atoms with Gasteiger partial charge in [0.05, 0.1) is 6.04 Å². The molecule has 0 bridgehead atoms. The molecule has 0 amide bonds. The highest BCUT2D eigenvalue weighted by molar-refractivity contribution is 7.16. The van der Waals surface area contributed by atoms with Gasteiger partial charge in [-0.1, -0.05) is 41.2 Å². The summed E-state index contributed by atoms with van der Waals surface area (Å²) in [4.78, 5) is 13.2. The molecule has 1 atom stereocenters. The van der Waals surface area contributed by atoms with E-state index in [-0.39, 0.29) is 11.6 Å². The first-order valence-electron chi connectivity index (χ1n) is 7.29. The molecule has 0 aliphatic carbocycles. The molecule has 112 valence electrons. The second-order valence-corrected chi connectivity index (χ2v) is 6.49. The van der Waals surface area contributed by atoms with Gasteiger partial charge in [-0.15, -0.1) is 10.2 Å². The number of benzene rings is 1. The van der Waals surface area contributed by atoms with E-state index in [4.69, 9.17) is 0 Å². The number of aromatic nitrogens is 4. The number of fused-ring (bicyclic) bond motifs is 1. The van der Waals surface area contributed by atoms with Crippen LogP contribution in [-0.2, 0) is 0 Å². The molecule has 22 heavy (non-hydrogen) atoms. The highest BCUT2D eigenvalue weighted by Crippen LogP contribution is 2.26. The van der Waals surface area contributed by atoms with Crippen molar-refractivity contribution < 1.29 is 0 Å². The molecule has 3 heterocycles. The fourth-order valence-electron chi connectivity index (χ4n) is 2.66. The van der Waals surface area contributed by atoms with Gasteiger partial charge in [0.25, 0.3) is 0 Å². The third-order valence-corrected chi connectivity index (χ3v) is 4.90. The first-order valence-corrected chi connectivity index (χ1v) is 8.11. The molecule has 1 N–H and O–H groups in total. The van der Waals surface area contributed by atoms with Gasteiger partial charge in [0.1, 0.15) is 5.01 Å². The molecular formula is C15H15N5OS. The molecule has 1 saturated heterocycles. The summed E-state index contributed by atoms with van der Waals surface area (Å²) >= 11 is 1.43. The lowest BCUT2D eigenvalue weighted by molar-refractivity contribution is 0.627.